The number of nitrogens with one attached hydrogen (secondary N) is 1. The van der Waals surface area contributed by atoms with Crippen molar-refractivity contribution in [3.05, 3.63) is 24.3 Å². The van der Waals surface area contributed by atoms with Gasteiger partial charge in [-0.25, -0.2) is 0 Å². The van der Waals surface area contributed by atoms with Crippen molar-refractivity contribution < 1.29 is 9.59 Å². The highest BCUT2D eigenvalue weighted by Crippen LogP contribution is 2.27. The second-order valence-electron chi connectivity index (χ2n) is 5.74. The van der Waals surface area contributed by atoms with Crippen molar-refractivity contribution in [3.8, 4) is 0 Å². The summed E-state index contributed by atoms with van der Waals surface area (Å²) in [6.07, 6.45) is 3.62. The van der Waals surface area contributed by atoms with Gasteiger partial charge in [0.1, 0.15) is 0 Å². The topological polar surface area (TPSA) is 75.4 Å². The van der Waals surface area contributed by atoms with E-state index in [4.69, 9.17) is 5.73 Å². The minimum absolute atomic E-state index is 0.0139. The summed E-state index contributed by atoms with van der Waals surface area (Å²) in [6.45, 7) is 1.51. The smallest absolute Gasteiger partial charge is 0.224 e. The van der Waals surface area contributed by atoms with Crippen LogP contribution < -0.4 is 16.0 Å². The molecule has 21 heavy (non-hydrogen) atoms. The van der Waals surface area contributed by atoms with Crippen LogP contribution in [0, 0.1) is 5.92 Å². The van der Waals surface area contributed by atoms with Crippen molar-refractivity contribution in [1.29, 1.82) is 0 Å². The molecule has 5 nitrogen and oxygen atoms in total. The van der Waals surface area contributed by atoms with Gasteiger partial charge >= 0.3 is 0 Å². The molecule has 1 fully saturated rings. The first-order valence-electron chi connectivity index (χ1n) is 7.37. The zero-order valence-corrected chi connectivity index (χ0v) is 12.6. The zero-order valence-electron chi connectivity index (χ0n) is 12.6. The number of nitrogens with two attached hydrogens (primary N) is 1. The molecular weight excluding hydrogens is 266 g/mol. The molecule has 0 unspecified atom stereocenters. The van der Waals surface area contributed by atoms with Crippen LogP contribution in [0.3, 0.4) is 0 Å². The Labute approximate surface area is 125 Å². The Morgan fingerprint density at radius 3 is 2.76 bits per heavy atom. The molecule has 1 aliphatic carbocycles. The zero-order chi connectivity index (χ0) is 15.4. The van der Waals surface area contributed by atoms with Crippen LogP contribution in [0.2, 0.25) is 0 Å². The van der Waals surface area contributed by atoms with Crippen LogP contribution in [-0.4, -0.2) is 24.9 Å². The summed E-state index contributed by atoms with van der Waals surface area (Å²) < 4.78 is 0. The molecule has 114 valence electrons. The van der Waals surface area contributed by atoms with Crippen LogP contribution in [-0.2, 0) is 9.59 Å². The molecule has 0 saturated heterocycles. The lowest BCUT2D eigenvalue weighted by molar-refractivity contribution is -0.117. The summed E-state index contributed by atoms with van der Waals surface area (Å²) in [5, 5.41) is 2.89. The molecule has 1 aromatic rings. The van der Waals surface area contributed by atoms with Crippen LogP contribution in [0.4, 0.5) is 11.4 Å². The van der Waals surface area contributed by atoms with Gasteiger partial charge in [-0.2, -0.15) is 0 Å². The fraction of sp³-hybridized carbons (Fsp3) is 0.500. The summed E-state index contributed by atoms with van der Waals surface area (Å²) in [7, 11) is 1.71. The lowest BCUT2D eigenvalue weighted by atomic mass is 10.00. The third-order valence-electron chi connectivity index (χ3n) is 4.16. The highest BCUT2D eigenvalue weighted by atomic mass is 16.2. The number of carbonyl (C=O) groups excluding carboxylic acids is 2. The molecule has 2 rings (SSSR count). The molecular formula is C16H23N3O2. The molecule has 1 saturated carbocycles. The largest absolute Gasteiger partial charge is 0.327 e. The molecule has 3 N–H and O–H groups in total. The van der Waals surface area contributed by atoms with Crippen molar-refractivity contribution in [3.63, 3.8) is 0 Å². The van der Waals surface area contributed by atoms with Crippen molar-refractivity contribution >= 4 is 23.2 Å². The minimum atomic E-state index is -0.0459. The first kappa shape index (κ1) is 15.5. The van der Waals surface area contributed by atoms with E-state index in [0.29, 0.717) is 12.1 Å². The summed E-state index contributed by atoms with van der Waals surface area (Å²) in [4.78, 5) is 25.0. The quantitative estimate of drug-likeness (QED) is 0.891. The van der Waals surface area contributed by atoms with E-state index >= 15 is 0 Å². The number of amides is 2. The number of hydrogen-bond acceptors (Lipinski definition) is 3. The summed E-state index contributed by atoms with van der Waals surface area (Å²) >= 11 is 0. The third-order valence-corrected chi connectivity index (χ3v) is 4.16. The van der Waals surface area contributed by atoms with Crippen molar-refractivity contribution in [2.75, 3.05) is 17.3 Å². The summed E-state index contributed by atoms with van der Waals surface area (Å²) in [6, 6.07) is 7.43. The molecule has 0 heterocycles. The standard InChI is InChI=1S/C16H23N3O2/c1-11(20)19(2)14-7-4-6-13(10-14)18-16(21)9-12-5-3-8-15(12)17/h4,6-7,10,12,15H,3,5,8-9,17H2,1-2H3,(H,18,21)/t12-,15+/m0/s1. The molecule has 5 heteroatoms. The maximum absolute atomic E-state index is 12.1. The van der Waals surface area contributed by atoms with Gasteiger partial charge in [-0.05, 0) is 37.0 Å². The average molecular weight is 289 g/mol. The van der Waals surface area contributed by atoms with E-state index in [2.05, 4.69) is 5.32 Å². The van der Waals surface area contributed by atoms with Crippen LogP contribution >= 0.6 is 0 Å². The molecule has 0 aliphatic heterocycles. The SMILES string of the molecule is CC(=O)N(C)c1cccc(NC(=O)C[C@@H]2CCC[C@H]2N)c1. The van der Waals surface area contributed by atoms with Crippen molar-refractivity contribution in [1.82, 2.24) is 0 Å². The van der Waals surface area contributed by atoms with Gasteiger partial charge in [0.25, 0.3) is 0 Å². The number of hydrogen-bond donors (Lipinski definition) is 2. The summed E-state index contributed by atoms with van der Waals surface area (Å²) in [5.41, 5.74) is 7.46. The predicted octanol–water partition coefficient (Wildman–Crippen LogP) is 2.13. The number of carbonyl (C=O) groups is 2. The Kier molecular flexibility index (Phi) is 4.96. The minimum Gasteiger partial charge on any atom is -0.327 e. The van der Waals surface area contributed by atoms with Gasteiger partial charge in [0, 0.05) is 37.8 Å². The molecule has 1 aromatic carbocycles. The Hall–Kier alpha value is -1.88. The third kappa shape index (κ3) is 4.04. The Morgan fingerprint density at radius 2 is 2.14 bits per heavy atom. The molecule has 1 aliphatic rings. The maximum Gasteiger partial charge on any atom is 0.224 e. The van der Waals surface area contributed by atoms with Gasteiger partial charge in [-0.15, -0.1) is 0 Å². The molecule has 2 atom stereocenters. The Balaban J connectivity index is 1.97. The van der Waals surface area contributed by atoms with Gasteiger partial charge in [-0.3, -0.25) is 9.59 Å². The van der Waals surface area contributed by atoms with Crippen molar-refractivity contribution in [2.24, 2.45) is 11.7 Å². The van der Waals surface area contributed by atoms with Crippen molar-refractivity contribution in [2.45, 2.75) is 38.6 Å². The van der Waals surface area contributed by atoms with E-state index in [1.54, 1.807) is 18.0 Å². The molecule has 0 bridgehead atoms. The normalized spacial score (nSPS) is 21.1. The van der Waals surface area contributed by atoms with Crippen LogP contribution in [0.5, 0.6) is 0 Å². The van der Waals surface area contributed by atoms with Gasteiger partial charge < -0.3 is 16.0 Å². The fourth-order valence-electron chi connectivity index (χ4n) is 2.74. The monoisotopic (exact) mass is 289 g/mol. The van der Waals surface area contributed by atoms with Gasteiger partial charge in [0.2, 0.25) is 11.8 Å². The molecule has 0 radical (unpaired) electrons. The van der Waals surface area contributed by atoms with E-state index < -0.39 is 0 Å². The van der Waals surface area contributed by atoms with E-state index in [0.717, 1.165) is 24.9 Å². The molecule has 0 spiro atoms. The lowest BCUT2D eigenvalue weighted by Crippen LogP contribution is -2.28. The average Bonchev–Trinajstić information content (AvgIpc) is 2.83. The van der Waals surface area contributed by atoms with Crippen LogP contribution in [0.25, 0.3) is 0 Å². The van der Waals surface area contributed by atoms with E-state index in [1.807, 2.05) is 18.2 Å². The number of nitrogens with zero attached hydrogens (tertiary/aromatic N) is 1. The van der Waals surface area contributed by atoms with E-state index in [1.165, 1.54) is 6.92 Å². The number of rotatable bonds is 4. The van der Waals surface area contributed by atoms with E-state index in [-0.39, 0.29) is 23.8 Å². The van der Waals surface area contributed by atoms with Gasteiger partial charge in [-0.1, -0.05) is 12.5 Å². The molecule has 2 amide bonds. The van der Waals surface area contributed by atoms with Gasteiger partial charge in [0.15, 0.2) is 0 Å². The highest BCUT2D eigenvalue weighted by Gasteiger charge is 2.26. The second-order valence-corrected chi connectivity index (χ2v) is 5.74. The summed E-state index contributed by atoms with van der Waals surface area (Å²) in [5.74, 6) is 0.225. The lowest BCUT2D eigenvalue weighted by Gasteiger charge is -2.17. The molecule has 0 aromatic heterocycles. The first-order valence-corrected chi connectivity index (χ1v) is 7.37. The van der Waals surface area contributed by atoms with E-state index in [9.17, 15) is 9.59 Å². The van der Waals surface area contributed by atoms with Crippen LogP contribution in [0.1, 0.15) is 32.6 Å². The first-order chi connectivity index (χ1) is 9.97. The highest BCUT2D eigenvalue weighted by molar-refractivity contribution is 5.94. The second kappa shape index (κ2) is 6.72. The fourth-order valence-corrected chi connectivity index (χ4v) is 2.74. The van der Waals surface area contributed by atoms with Crippen LogP contribution in [0.15, 0.2) is 24.3 Å². The number of anilines is 2. The Morgan fingerprint density at radius 1 is 1.38 bits per heavy atom. The maximum atomic E-state index is 12.1. The van der Waals surface area contributed by atoms with Gasteiger partial charge in [0.05, 0.1) is 0 Å². The Bertz CT molecular complexity index is 530. The number of benzene rings is 1. The predicted molar refractivity (Wildman–Crippen MR) is 84.1 cm³/mol.